The molecule has 4 heteroatoms. The van der Waals surface area contributed by atoms with E-state index in [0.29, 0.717) is 6.10 Å². The molecule has 0 bridgehead atoms. The van der Waals surface area contributed by atoms with Gasteiger partial charge < -0.3 is 19.5 Å². The summed E-state index contributed by atoms with van der Waals surface area (Å²) in [6.07, 6.45) is 4.91. The molecule has 0 amide bonds. The minimum absolute atomic E-state index is 0.235. The molecule has 1 heterocycles. The van der Waals surface area contributed by atoms with E-state index in [1.54, 1.807) is 14.2 Å². The lowest BCUT2D eigenvalue weighted by Crippen LogP contribution is -2.27. The van der Waals surface area contributed by atoms with Gasteiger partial charge in [0.2, 0.25) is 0 Å². The first-order valence-corrected chi connectivity index (χ1v) is 7.29. The summed E-state index contributed by atoms with van der Waals surface area (Å²) < 4.78 is 16.6. The van der Waals surface area contributed by atoms with Crippen molar-refractivity contribution in [2.45, 2.75) is 37.8 Å². The van der Waals surface area contributed by atoms with Gasteiger partial charge in [-0.05, 0) is 38.8 Å². The minimum Gasteiger partial charge on any atom is -0.497 e. The Kier molecular flexibility index (Phi) is 5.68. The first kappa shape index (κ1) is 15.1. The van der Waals surface area contributed by atoms with Crippen molar-refractivity contribution in [3.8, 4) is 11.5 Å². The van der Waals surface area contributed by atoms with Crippen LogP contribution in [0.1, 0.15) is 37.3 Å². The molecule has 1 aliphatic rings. The molecule has 112 valence electrons. The first-order chi connectivity index (χ1) is 9.78. The van der Waals surface area contributed by atoms with E-state index >= 15 is 0 Å². The van der Waals surface area contributed by atoms with Crippen LogP contribution in [0, 0.1) is 0 Å². The van der Waals surface area contributed by atoms with Crippen LogP contribution in [0.4, 0.5) is 0 Å². The quantitative estimate of drug-likeness (QED) is 0.869. The van der Waals surface area contributed by atoms with Gasteiger partial charge in [-0.2, -0.15) is 0 Å². The first-order valence-electron chi connectivity index (χ1n) is 7.29. The zero-order valence-corrected chi connectivity index (χ0v) is 12.6. The van der Waals surface area contributed by atoms with Crippen LogP contribution < -0.4 is 14.8 Å². The van der Waals surface area contributed by atoms with Crippen molar-refractivity contribution in [2.24, 2.45) is 0 Å². The second-order valence-electron chi connectivity index (χ2n) is 5.17. The molecule has 0 radical (unpaired) electrons. The number of hydrogen-bond acceptors (Lipinski definition) is 4. The third kappa shape index (κ3) is 3.64. The second-order valence-corrected chi connectivity index (χ2v) is 5.17. The molecular weight excluding hydrogens is 254 g/mol. The molecule has 1 saturated heterocycles. The fourth-order valence-corrected chi connectivity index (χ4v) is 2.76. The molecule has 1 aromatic carbocycles. The third-order valence-electron chi connectivity index (χ3n) is 3.94. The van der Waals surface area contributed by atoms with Crippen LogP contribution in [-0.4, -0.2) is 34.0 Å². The summed E-state index contributed by atoms with van der Waals surface area (Å²) in [5.41, 5.74) is 1.16. The Labute approximate surface area is 121 Å². The zero-order valence-electron chi connectivity index (χ0n) is 12.6. The molecular formula is C16H25NO3. The molecule has 0 spiro atoms. The standard InChI is InChI=1S/C16H25NO3/c1-17-15(10-13-6-4-5-9-20-13)14-8-7-12(18-2)11-16(14)19-3/h7-8,11,13,15,17H,4-6,9-10H2,1-3H3. The average molecular weight is 279 g/mol. The smallest absolute Gasteiger partial charge is 0.127 e. The predicted octanol–water partition coefficient (Wildman–Crippen LogP) is 2.92. The van der Waals surface area contributed by atoms with Gasteiger partial charge in [-0.1, -0.05) is 6.07 Å². The van der Waals surface area contributed by atoms with Crippen LogP contribution in [0.2, 0.25) is 0 Å². The highest BCUT2D eigenvalue weighted by molar-refractivity contribution is 5.42. The third-order valence-corrected chi connectivity index (χ3v) is 3.94. The van der Waals surface area contributed by atoms with Crippen molar-refractivity contribution < 1.29 is 14.2 Å². The summed E-state index contributed by atoms with van der Waals surface area (Å²) in [6, 6.07) is 6.21. The molecule has 0 saturated carbocycles. The van der Waals surface area contributed by atoms with E-state index in [2.05, 4.69) is 11.4 Å². The zero-order chi connectivity index (χ0) is 14.4. The van der Waals surface area contributed by atoms with Gasteiger partial charge >= 0.3 is 0 Å². The number of nitrogens with one attached hydrogen (secondary N) is 1. The molecule has 2 atom stereocenters. The molecule has 1 N–H and O–H groups in total. The summed E-state index contributed by atoms with van der Waals surface area (Å²) in [5.74, 6) is 1.67. The molecule has 2 unspecified atom stereocenters. The maximum Gasteiger partial charge on any atom is 0.127 e. The topological polar surface area (TPSA) is 39.7 Å². The van der Waals surface area contributed by atoms with E-state index in [0.717, 1.165) is 36.5 Å². The monoisotopic (exact) mass is 279 g/mol. The average Bonchev–Trinajstić information content (AvgIpc) is 2.53. The van der Waals surface area contributed by atoms with Crippen molar-refractivity contribution in [3.05, 3.63) is 23.8 Å². The summed E-state index contributed by atoms with van der Waals surface area (Å²) in [7, 11) is 5.35. The lowest BCUT2D eigenvalue weighted by molar-refractivity contribution is 0.00536. The number of rotatable bonds is 6. The number of methoxy groups -OCH3 is 2. The maximum atomic E-state index is 5.84. The van der Waals surface area contributed by atoms with E-state index in [1.807, 2.05) is 19.2 Å². The largest absolute Gasteiger partial charge is 0.497 e. The Morgan fingerprint density at radius 3 is 2.75 bits per heavy atom. The highest BCUT2D eigenvalue weighted by atomic mass is 16.5. The van der Waals surface area contributed by atoms with Gasteiger partial charge in [0, 0.05) is 24.3 Å². The van der Waals surface area contributed by atoms with Crippen molar-refractivity contribution in [1.29, 1.82) is 0 Å². The van der Waals surface area contributed by atoms with Crippen molar-refractivity contribution in [1.82, 2.24) is 5.32 Å². The molecule has 1 aromatic rings. The molecule has 0 aromatic heterocycles. The van der Waals surface area contributed by atoms with Gasteiger partial charge in [0.1, 0.15) is 11.5 Å². The Morgan fingerprint density at radius 2 is 2.15 bits per heavy atom. The molecule has 2 rings (SSSR count). The van der Waals surface area contributed by atoms with E-state index in [4.69, 9.17) is 14.2 Å². The van der Waals surface area contributed by atoms with Crippen molar-refractivity contribution in [3.63, 3.8) is 0 Å². The van der Waals surface area contributed by atoms with Gasteiger partial charge in [-0.25, -0.2) is 0 Å². The Morgan fingerprint density at radius 1 is 1.30 bits per heavy atom. The van der Waals surface area contributed by atoms with Crippen LogP contribution in [0.3, 0.4) is 0 Å². The minimum atomic E-state index is 0.235. The number of ether oxygens (including phenoxy) is 3. The molecule has 1 fully saturated rings. The van der Waals surface area contributed by atoms with Crippen LogP contribution in [-0.2, 0) is 4.74 Å². The molecule has 4 nitrogen and oxygen atoms in total. The molecule has 0 aliphatic carbocycles. The van der Waals surface area contributed by atoms with Gasteiger partial charge in [0.05, 0.1) is 20.3 Å². The van der Waals surface area contributed by atoms with E-state index in [9.17, 15) is 0 Å². The maximum absolute atomic E-state index is 5.84. The van der Waals surface area contributed by atoms with Gasteiger partial charge in [0.25, 0.3) is 0 Å². The SMILES string of the molecule is CNC(CC1CCCCO1)c1ccc(OC)cc1OC. The van der Waals surface area contributed by atoms with Gasteiger partial charge in [-0.15, -0.1) is 0 Å². The summed E-state index contributed by atoms with van der Waals surface area (Å²) in [5, 5.41) is 3.38. The highest BCUT2D eigenvalue weighted by Crippen LogP contribution is 2.33. The fourth-order valence-electron chi connectivity index (χ4n) is 2.76. The number of hydrogen-bond donors (Lipinski definition) is 1. The summed E-state index contributed by atoms with van der Waals surface area (Å²) in [6.45, 7) is 0.890. The van der Waals surface area contributed by atoms with Crippen LogP contribution in [0.15, 0.2) is 18.2 Å². The molecule has 1 aliphatic heterocycles. The van der Waals surface area contributed by atoms with Crippen molar-refractivity contribution in [2.75, 3.05) is 27.9 Å². The van der Waals surface area contributed by atoms with E-state index in [-0.39, 0.29) is 6.04 Å². The van der Waals surface area contributed by atoms with Crippen LogP contribution in [0.5, 0.6) is 11.5 Å². The summed E-state index contributed by atoms with van der Waals surface area (Å²) >= 11 is 0. The Balaban J connectivity index is 2.13. The van der Waals surface area contributed by atoms with Crippen LogP contribution >= 0.6 is 0 Å². The summed E-state index contributed by atoms with van der Waals surface area (Å²) in [4.78, 5) is 0. The normalized spacial score (nSPS) is 20.4. The Bertz CT molecular complexity index is 416. The van der Waals surface area contributed by atoms with Gasteiger partial charge in [-0.3, -0.25) is 0 Å². The lowest BCUT2D eigenvalue weighted by atomic mass is 9.96. The van der Waals surface area contributed by atoms with E-state index < -0.39 is 0 Å². The fraction of sp³-hybridized carbons (Fsp3) is 0.625. The number of benzene rings is 1. The molecule has 20 heavy (non-hydrogen) atoms. The van der Waals surface area contributed by atoms with Crippen molar-refractivity contribution >= 4 is 0 Å². The highest BCUT2D eigenvalue weighted by Gasteiger charge is 2.22. The Hall–Kier alpha value is -1.26. The van der Waals surface area contributed by atoms with E-state index in [1.165, 1.54) is 12.8 Å². The van der Waals surface area contributed by atoms with Gasteiger partial charge in [0.15, 0.2) is 0 Å². The second kappa shape index (κ2) is 7.50. The predicted molar refractivity (Wildman–Crippen MR) is 79.6 cm³/mol. The lowest BCUT2D eigenvalue weighted by Gasteiger charge is -2.28. The van der Waals surface area contributed by atoms with Crippen LogP contribution in [0.25, 0.3) is 0 Å².